The highest BCUT2D eigenvalue weighted by atomic mass is 35.5. The van der Waals surface area contributed by atoms with Crippen molar-refractivity contribution >= 4 is 34.6 Å². The maximum Gasteiger partial charge on any atom is 0.294 e. The third-order valence-electron chi connectivity index (χ3n) is 4.17. The smallest absolute Gasteiger partial charge is 0.294 e. The van der Waals surface area contributed by atoms with Gasteiger partial charge in [-0.25, -0.2) is 0 Å². The molecule has 1 fully saturated rings. The molecule has 0 spiro atoms. The standard InChI is InChI=1S/C17H17Cl2N3O2/c18-14-3-1-13(2-4-14)12-20-7-9-21(10-8-20)16-6-5-15(19)11-17(16)22(23)24/h1-6,11H,7-10,12H2. The Hall–Kier alpha value is -1.82. The van der Waals surface area contributed by atoms with Gasteiger partial charge < -0.3 is 4.90 Å². The third kappa shape index (κ3) is 3.98. The number of hydrogen-bond acceptors (Lipinski definition) is 4. The van der Waals surface area contributed by atoms with Crippen LogP contribution in [0, 0.1) is 10.1 Å². The summed E-state index contributed by atoms with van der Waals surface area (Å²) >= 11 is 11.8. The van der Waals surface area contributed by atoms with Gasteiger partial charge in [-0.05, 0) is 29.8 Å². The molecular weight excluding hydrogens is 349 g/mol. The van der Waals surface area contributed by atoms with Crippen molar-refractivity contribution < 1.29 is 4.92 Å². The first-order valence-electron chi connectivity index (χ1n) is 7.68. The number of anilines is 1. The van der Waals surface area contributed by atoms with Gasteiger partial charge in [0.15, 0.2) is 0 Å². The highest BCUT2D eigenvalue weighted by Gasteiger charge is 2.24. The Kier molecular flexibility index (Phi) is 5.23. The van der Waals surface area contributed by atoms with Crippen LogP contribution in [0.5, 0.6) is 0 Å². The Morgan fingerprint density at radius 2 is 1.58 bits per heavy atom. The van der Waals surface area contributed by atoms with E-state index in [2.05, 4.69) is 4.90 Å². The van der Waals surface area contributed by atoms with Gasteiger partial charge in [0.2, 0.25) is 0 Å². The van der Waals surface area contributed by atoms with Crippen LogP contribution in [-0.4, -0.2) is 36.0 Å². The van der Waals surface area contributed by atoms with E-state index in [0.29, 0.717) is 10.7 Å². The largest absolute Gasteiger partial charge is 0.363 e. The molecule has 0 amide bonds. The lowest BCUT2D eigenvalue weighted by Crippen LogP contribution is -2.46. The summed E-state index contributed by atoms with van der Waals surface area (Å²) in [5.41, 5.74) is 1.91. The highest BCUT2D eigenvalue weighted by molar-refractivity contribution is 6.31. The SMILES string of the molecule is O=[N+]([O-])c1cc(Cl)ccc1N1CCN(Cc2ccc(Cl)cc2)CC1. The number of halogens is 2. The van der Waals surface area contributed by atoms with Crippen molar-refractivity contribution in [2.75, 3.05) is 31.1 Å². The minimum atomic E-state index is -0.374. The van der Waals surface area contributed by atoms with Gasteiger partial charge in [0, 0.05) is 48.8 Å². The van der Waals surface area contributed by atoms with Gasteiger partial charge in [-0.1, -0.05) is 35.3 Å². The van der Waals surface area contributed by atoms with Crippen LogP contribution in [-0.2, 0) is 6.54 Å². The number of piperazine rings is 1. The summed E-state index contributed by atoms with van der Waals surface area (Å²) in [4.78, 5) is 15.3. The van der Waals surface area contributed by atoms with E-state index in [9.17, 15) is 10.1 Å². The van der Waals surface area contributed by atoms with Crippen LogP contribution in [0.3, 0.4) is 0 Å². The van der Waals surface area contributed by atoms with Gasteiger partial charge in [0.05, 0.1) is 4.92 Å². The van der Waals surface area contributed by atoms with E-state index >= 15 is 0 Å². The number of benzene rings is 2. The van der Waals surface area contributed by atoms with Crippen LogP contribution in [0.1, 0.15) is 5.56 Å². The number of hydrogen-bond donors (Lipinski definition) is 0. The summed E-state index contributed by atoms with van der Waals surface area (Å²) < 4.78 is 0. The third-order valence-corrected chi connectivity index (χ3v) is 4.65. The average Bonchev–Trinajstić information content (AvgIpc) is 2.58. The summed E-state index contributed by atoms with van der Waals surface area (Å²) in [5.74, 6) is 0. The zero-order chi connectivity index (χ0) is 17.1. The van der Waals surface area contributed by atoms with Crippen molar-refractivity contribution in [3.8, 4) is 0 Å². The topological polar surface area (TPSA) is 49.6 Å². The van der Waals surface area contributed by atoms with Crippen LogP contribution in [0.4, 0.5) is 11.4 Å². The summed E-state index contributed by atoms with van der Waals surface area (Å²) in [6.07, 6.45) is 0. The summed E-state index contributed by atoms with van der Waals surface area (Å²) in [6.45, 7) is 4.05. The zero-order valence-electron chi connectivity index (χ0n) is 13.0. The first kappa shape index (κ1) is 17.0. The quantitative estimate of drug-likeness (QED) is 0.600. The van der Waals surface area contributed by atoms with Gasteiger partial charge in [-0.2, -0.15) is 0 Å². The molecule has 1 aliphatic heterocycles. The molecule has 5 nitrogen and oxygen atoms in total. The lowest BCUT2D eigenvalue weighted by Gasteiger charge is -2.35. The average molecular weight is 366 g/mol. The molecule has 3 rings (SSSR count). The van der Waals surface area contributed by atoms with Crippen molar-refractivity contribution in [3.63, 3.8) is 0 Å². The first-order valence-corrected chi connectivity index (χ1v) is 8.44. The minimum absolute atomic E-state index is 0.0636. The molecule has 2 aromatic rings. The van der Waals surface area contributed by atoms with Gasteiger partial charge in [-0.3, -0.25) is 15.0 Å². The molecule has 1 heterocycles. The Labute approximate surface area is 150 Å². The minimum Gasteiger partial charge on any atom is -0.363 e. The van der Waals surface area contributed by atoms with Crippen molar-refractivity contribution in [2.45, 2.75) is 6.54 Å². The molecule has 126 valence electrons. The van der Waals surface area contributed by atoms with E-state index in [1.165, 1.54) is 11.6 Å². The molecule has 7 heteroatoms. The first-order chi connectivity index (χ1) is 11.5. The second kappa shape index (κ2) is 7.38. The molecule has 1 saturated heterocycles. The fourth-order valence-electron chi connectivity index (χ4n) is 2.91. The van der Waals surface area contributed by atoms with Crippen molar-refractivity contribution in [1.82, 2.24) is 4.90 Å². The van der Waals surface area contributed by atoms with E-state index in [0.717, 1.165) is 37.7 Å². The monoisotopic (exact) mass is 365 g/mol. The molecule has 0 radical (unpaired) electrons. The lowest BCUT2D eigenvalue weighted by atomic mass is 10.2. The van der Waals surface area contributed by atoms with Crippen molar-refractivity contribution in [3.05, 3.63) is 68.2 Å². The molecule has 0 saturated carbocycles. The summed E-state index contributed by atoms with van der Waals surface area (Å²) in [5, 5.41) is 12.4. The van der Waals surface area contributed by atoms with Crippen LogP contribution in [0.15, 0.2) is 42.5 Å². The van der Waals surface area contributed by atoms with E-state index in [1.54, 1.807) is 12.1 Å². The summed E-state index contributed by atoms with van der Waals surface area (Å²) in [6, 6.07) is 12.7. The highest BCUT2D eigenvalue weighted by Crippen LogP contribution is 2.31. The van der Waals surface area contributed by atoms with Crippen LogP contribution in [0.2, 0.25) is 10.0 Å². The predicted molar refractivity (Wildman–Crippen MR) is 97.0 cm³/mol. The van der Waals surface area contributed by atoms with Crippen LogP contribution in [0.25, 0.3) is 0 Å². The van der Waals surface area contributed by atoms with E-state index in [4.69, 9.17) is 23.2 Å². The maximum atomic E-state index is 11.2. The van der Waals surface area contributed by atoms with E-state index in [1.807, 2.05) is 29.2 Å². The van der Waals surface area contributed by atoms with E-state index in [-0.39, 0.29) is 10.6 Å². The molecule has 1 aliphatic rings. The number of nitro benzene ring substituents is 1. The molecule has 2 aromatic carbocycles. The fraction of sp³-hybridized carbons (Fsp3) is 0.294. The van der Waals surface area contributed by atoms with Gasteiger partial charge in [0.25, 0.3) is 5.69 Å². The number of nitrogens with zero attached hydrogens (tertiary/aromatic N) is 3. The molecule has 0 atom stereocenters. The number of nitro groups is 1. The lowest BCUT2D eigenvalue weighted by molar-refractivity contribution is -0.384. The van der Waals surface area contributed by atoms with Crippen LogP contribution < -0.4 is 4.90 Å². The normalized spacial score (nSPS) is 15.5. The number of rotatable bonds is 4. The molecule has 0 bridgehead atoms. The Bertz CT molecular complexity index is 729. The van der Waals surface area contributed by atoms with Gasteiger partial charge >= 0.3 is 0 Å². The second-order valence-electron chi connectivity index (χ2n) is 5.78. The molecule has 0 N–H and O–H groups in total. The molecule has 0 unspecified atom stereocenters. The maximum absolute atomic E-state index is 11.2. The van der Waals surface area contributed by atoms with Crippen molar-refractivity contribution in [2.24, 2.45) is 0 Å². The van der Waals surface area contributed by atoms with Crippen molar-refractivity contribution in [1.29, 1.82) is 0 Å². The second-order valence-corrected chi connectivity index (χ2v) is 6.65. The van der Waals surface area contributed by atoms with E-state index < -0.39 is 0 Å². The molecule has 24 heavy (non-hydrogen) atoms. The van der Waals surface area contributed by atoms with Gasteiger partial charge in [-0.15, -0.1) is 0 Å². The fourth-order valence-corrected chi connectivity index (χ4v) is 3.20. The Morgan fingerprint density at radius 3 is 2.21 bits per heavy atom. The van der Waals surface area contributed by atoms with Gasteiger partial charge in [0.1, 0.15) is 5.69 Å². The molecule has 0 aromatic heterocycles. The molecular formula is C17H17Cl2N3O2. The zero-order valence-corrected chi connectivity index (χ0v) is 14.5. The predicted octanol–water partition coefficient (Wildman–Crippen LogP) is 4.22. The van der Waals surface area contributed by atoms with Crippen LogP contribution >= 0.6 is 23.2 Å². The summed E-state index contributed by atoms with van der Waals surface area (Å²) in [7, 11) is 0. The molecule has 0 aliphatic carbocycles. The Morgan fingerprint density at radius 1 is 0.958 bits per heavy atom. The Balaban J connectivity index is 1.65.